The predicted molar refractivity (Wildman–Crippen MR) is 73.8 cm³/mol. The van der Waals surface area contributed by atoms with Gasteiger partial charge in [0, 0.05) is 0 Å². The summed E-state index contributed by atoms with van der Waals surface area (Å²) in [5.41, 5.74) is 8.07. The smallest absolute Gasteiger partial charge is 0.238 e. The Labute approximate surface area is 116 Å². The first-order valence-corrected chi connectivity index (χ1v) is 7.28. The van der Waals surface area contributed by atoms with Crippen LogP contribution in [-0.4, -0.2) is 18.2 Å². The van der Waals surface area contributed by atoms with E-state index in [9.17, 15) is 8.42 Å². The van der Waals surface area contributed by atoms with E-state index in [2.05, 4.69) is 5.10 Å². The lowest BCUT2D eigenvalue weighted by Gasteiger charge is -2.09. The predicted octanol–water partition coefficient (Wildman–Crippen LogP) is 1.37. The molecule has 1 aromatic heterocycles. The molecule has 2 rings (SSSR count). The minimum absolute atomic E-state index is 0.0404. The zero-order chi connectivity index (χ0) is 14.4. The van der Waals surface area contributed by atoms with Crippen molar-refractivity contribution in [1.82, 2.24) is 9.78 Å². The third kappa shape index (κ3) is 2.44. The molecule has 0 saturated heterocycles. The number of halogens is 1. The van der Waals surface area contributed by atoms with Gasteiger partial charge in [0.25, 0.3) is 0 Å². The third-order valence-electron chi connectivity index (χ3n) is 2.76. The minimum Gasteiger partial charge on any atom is -0.397 e. The molecule has 0 radical (unpaired) electrons. The van der Waals surface area contributed by atoms with E-state index < -0.39 is 10.0 Å². The molecule has 0 aliphatic carbocycles. The molecule has 0 saturated carbocycles. The van der Waals surface area contributed by atoms with Crippen molar-refractivity contribution < 1.29 is 8.42 Å². The zero-order valence-corrected chi connectivity index (χ0v) is 12.0. The number of aryl methyl sites for hydroxylation is 1. The van der Waals surface area contributed by atoms with Crippen molar-refractivity contribution in [3.63, 3.8) is 0 Å². The summed E-state index contributed by atoms with van der Waals surface area (Å²) >= 11 is 6.06. The number of hydrogen-bond acceptors (Lipinski definition) is 4. The lowest BCUT2D eigenvalue weighted by atomic mass is 10.2. The number of nitrogen functional groups attached to an aromatic ring is 1. The number of hydrogen-bond donors (Lipinski definition) is 2. The fraction of sp³-hybridized carbons (Fsp3) is 0.182. The highest BCUT2D eigenvalue weighted by Gasteiger charge is 2.15. The van der Waals surface area contributed by atoms with Crippen molar-refractivity contribution in [2.45, 2.75) is 18.7 Å². The number of primary sulfonamides is 1. The van der Waals surface area contributed by atoms with E-state index in [4.69, 9.17) is 22.5 Å². The number of aromatic nitrogens is 2. The Bertz CT molecular complexity index is 752. The van der Waals surface area contributed by atoms with Crippen molar-refractivity contribution in [2.75, 3.05) is 5.73 Å². The topological polar surface area (TPSA) is 104 Å². The highest BCUT2D eigenvalue weighted by atomic mass is 35.5. The van der Waals surface area contributed by atoms with Crippen LogP contribution >= 0.6 is 11.6 Å². The molecule has 0 unspecified atom stereocenters. The van der Waals surface area contributed by atoms with Gasteiger partial charge >= 0.3 is 0 Å². The summed E-state index contributed by atoms with van der Waals surface area (Å²) in [4.78, 5) is -0.0404. The molecule has 0 spiro atoms. The molecule has 0 fully saturated rings. The second-order valence-electron chi connectivity index (χ2n) is 4.16. The first-order valence-electron chi connectivity index (χ1n) is 5.36. The molecule has 19 heavy (non-hydrogen) atoms. The molecule has 0 aliphatic heterocycles. The maximum absolute atomic E-state index is 11.2. The fourth-order valence-electron chi connectivity index (χ4n) is 1.76. The summed E-state index contributed by atoms with van der Waals surface area (Å²) in [6, 6.07) is 4.23. The number of rotatable bonds is 2. The molecular formula is C11H13ClN4O2S. The number of nitrogens with two attached hydrogens (primary N) is 2. The number of anilines is 1. The van der Waals surface area contributed by atoms with Gasteiger partial charge in [-0.3, -0.25) is 0 Å². The molecule has 0 amide bonds. The average molecular weight is 301 g/mol. The van der Waals surface area contributed by atoms with E-state index in [1.165, 1.54) is 12.1 Å². The largest absolute Gasteiger partial charge is 0.397 e. The summed E-state index contributed by atoms with van der Waals surface area (Å²) in [5, 5.41) is 9.85. The summed E-state index contributed by atoms with van der Waals surface area (Å²) in [5.74, 6) is 0. The van der Waals surface area contributed by atoms with Crippen molar-refractivity contribution in [1.29, 1.82) is 0 Å². The second kappa shape index (κ2) is 4.52. The number of sulfonamides is 1. The van der Waals surface area contributed by atoms with Crippen LogP contribution in [0.3, 0.4) is 0 Å². The Kier molecular flexibility index (Phi) is 3.29. The lowest BCUT2D eigenvalue weighted by molar-refractivity contribution is 0.598. The van der Waals surface area contributed by atoms with Gasteiger partial charge in [-0.25, -0.2) is 18.2 Å². The Morgan fingerprint density at radius 3 is 2.37 bits per heavy atom. The zero-order valence-electron chi connectivity index (χ0n) is 10.4. The van der Waals surface area contributed by atoms with Crippen LogP contribution in [0.2, 0.25) is 5.02 Å². The van der Waals surface area contributed by atoms with E-state index in [1.807, 2.05) is 0 Å². The van der Waals surface area contributed by atoms with Gasteiger partial charge in [0.1, 0.15) is 0 Å². The van der Waals surface area contributed by atoms with Crippen LogP contribution in [0.15, 0.2) is 23.1 Å². The van der Waals surface area contributed by atoms with E-state index in [-0.39, 0.29) is 10.6 Å². The fourth-order valence-corrected chi connectivity index (χ4v) is 2.43. The van der Waals surface area contributed by atoms with E-state index in [1.54, 1.807) is 24.6 Å². The third-order valence-corrected chi connectivity index (χ3v) is 4.22. The van der Waals surface area contributed by atoms with Gasteiger partial charge in [-0.15, -0.1) is 0 Å². The maximum Gasteiger partial charge on any atom is 0.238 e. The van der Waals surface area contributed by atoms with Crippen LogP contribution in [0.1, 0.15) is 11.4 Å². The van der Waals surface area contributed by atoms with E-state index >= 15 is 0 Å². The van der Waals surface area contributed by atoms with Gasteiger partial charge in [0.05, 0.1) is 32.7 Å². The number of nitrogens with zero attached hydrogens (tertiary/aromatic N) is 2. The molecule has 102 valence electrons. The molecule has 0 atom stereocenters. The van der Waals surface area contributed by atoms with Crippen LogP contribution in [0.25, 0.3) is 5.69 Å². The molecule has 0 aliphatic rings. The first-order chi connectivity index (χ1) is 8.71. The molecule has 0 bridgehead atoms. The molecule has 2 aromatic rings. The van der Waals surface area contributed by atoms with Gasteiger partial charge in [-0.05, 0) is 32.0 Å². The van der Waals surface area contributed by atoms with Crippen molar-refractivity contribution in [3.8, 4) is 5.69 Å². The molecular weight excluding hydrogens is 288 g/mol. The highest BCUT2D eigenvalue weighted by molar-refractivity contribution is 7.89. The maximum atomic E-state index is 11.2. The van der Waals surface area contributed by atoms with Crippen molar-refractivity contribution in [2.24, 2.45) is 5.14 Å². The standard InChI is InChI=1S/C11H13ClN4O2S/c1-6-11(12)7(2)16(15-6)10-4-3-8(5-9(10)13)19(14,17)18/h3-5H,13H2,1-2H3,(H2,14,17,18). The average Bonchev–Trinajstić information content (AvgIpc) is 2.56. The highest BCUT2D eigenvalue weighted by Crippen LogP contribution is 2.26. The molecule has 4 N–H and O–H groups in total. The van der Waals surface area contributed by atoms with E-state index in [0.29, 0.717) is 16.4 Å². The lowest BCUT2D eigenvalue weighted by Crippen LogP contribution is -2.13. The van der Waals surface area contributed by atoms with Crippen LogP contribution < -0.4 is 10.9 Å². The Balaban J connectivity index is 2.62. The Morgan fingerprint density at radius 1 is 1.32 bits per heavy atom. The van der Waals surface area contributed by atoms with Crippen LogP contribution in [0, 0.1) is 13.8 Å². The van der Waals surface area contributed by atoms with Crippen LogP contribution in [0.5, 0.6) is 0 Å². The van der Waals surface area contributed by atoms with Crippen LogP contribution in [0.4, 0.5) is 5.69 Å². The SMILES string of the molecule is Cc1nn(-c2ccc(S(N)(=O)=O)cc2N)c(C)c1Cl. The first kappa shape index (κ1) is 13.9. The summed E-state index contributed by atoms with van der Waals surface area (Å²) in [6.07, 6.45) is 0. The van der Waals surface area contributed by atoms with Gasteiger partial charge in [-0.2, -0.15) is 5.10 Å². The Hall–Kier alpha value is -1.57. The normalized spacial score (nSPS) is 11.8. The Morgan fingerprint density at radius 2 is 1.95 bits per heavy atom. The number of benzene rings is 1. The van der Waals surface area contributed by atoms with Gasteiger partial charge in [-0.1, -0.05) is 11.6 Å². The molecule has 1 heterocycles. The summed E-state index contributed by atoms with van der Waals surface area (Å²) < 4.78 is 24.0. The van der Waals surface area contributed by atoms with Gasteiger partial charge < -0.3 is 5.73 Å². The van der Waals surface area contributed by atoms with Crippen molar-refractivity contribution in [3.05, 3.63) is 34.6 Å². The van der Waals surface area contributed by atoms with Gasteiger partial charge in [0.2, 0.25) is 10.0 Å². The molecule has 8 heteroatoms. The molecule has 6 nitrogen and oxygen atoms in total. The summed E-state index contributed by atoms with van der Waals surface area (Å²) in [6.45, 7) is 3.58. The second-order valence-corrected chi connectivity index (χ2v) is 6.10. The van der Waals surface area contributed by atoms with Gasteiger partial charge in [0.15, 0.2) is 0 Å². The quantitative estimate of drug-likeness (QED) is 0.817. The van der Waals surface area contributed by atoms with E-state index in [0.717, 1.165) is 5.69 Å². The minimum atomic E-state index is -3.77. The summed E-state index contributed by atoms with van der Waals surface area (Å²) in [7, 11) is -3.77. The van der Waals surface area contributed by atoms with Crippen LogP contribution in [-0.2, 0) is 10.0 Å². The monoisotopic (exact) mass is 300 g/mol. The molecule has 1 aromatic carbocycles. The van der Waals surface area contributed by atoms with Crippen molar-refractivity contribution >= 4 is 27.3 Å².